The fraction of sp³-hybridized carbons (Fsp3) is 0.462. The number of carbonyl (C=O) groups is 1. The molecule has 1 saturated heterocycles. The van der Waals surface area contributed by atoms with Gasteiger partial charge < -0.3 is 15.5 Å². The topological polar surface area (TPSA) is 49.6 Å². The van der Waals surface area contributed by atoms with E-state index < -0.39 is 6.04 Å². The monoisotopic (exact) mass is 267 g/mol. The summed E-state index contributed by atoms with van der Waals surface area (Å²) in [6, 6.07) is 7.38. The van der Waals surface area contributed by atoms with Crippen LogP contribution < -0.4 is 10.6 Å². The third-order valence-electron chi connectivity index (χ3n) is 3.15. The predicted octanol–water partition coefficient (Wildman–Crippen LogP) is 1.34. The van der Waals surface area contributed by atoms with E-state index in [1.165, 1.54) is 0 Å². The summed E-state index contributed by atoms with van der Waals surface area (Å²) in [5.41, 5.74) is 6.72. The van der Waals surface area contributed by atoms with Gasteiger partial charge in [0.1, 0.15) is 0 Å². The van der Waals surface area contributed by atoms with Crippen LogP contribution in [0.5, 0.6) is 0 Å². The van der Waals surface area contributed by atoms with Crippen molar-refractivity contribution in [3.8, 4) is 0 Å². The van der Waals surface area contributed by atoms with Gasteiger partial charge in [-0.2, -0.15) is 0 Å². The molecule has 0 aromatic heterocycles. The summed E-state index contributed by atoms with van der Waals surface area (Å²) in [5, 5.41) is 0.738. The lowest BCUT2D eigenvalue weighted by atomic mass is 10.2. The van der Waals surface area contributed by atoms with Crippen LogP contribution in [0, 0.1) is 0 Å². The average molecular weight is 268 g/mol. The van der Waals surface area contributed by atoms with Gasteiger partial charge in [-0.15, -0.1) is 0 Å². The minimum atomic E-state index is -0.414. The first kappa shape index (κ1) is 13.2. The molecule has 1 aliphatic rings. The molecule has 0 spiro atoms. The highest BCUT2D eigenvalue weighted by molar-refractivity contribution is 6.30. The molecule has 0 aliphatic carbocycles. The molecule has 1 amide bonds. The van der Waals surface area contributed by atoms with Gasteiger partial charge in [0.25, 0.3) is 0 Å². The summed E-state index contributed by atoms with van der Waals surface area (Å²) in [6.45, 7) is 4.79. The van der Waals surface area contributed by atoms with E-state index in [1.807, 2.05) is 29.2 Å². The van der Waals surface area contributed by atoms with Crippen LogP contribution in [0.15, 0.2) is 24.3 Å². The number of piperazine rings is 1. The van der Waals surface area contributed by atoms with Crippen LogP contribution in [0.3, 0.4) is 0 Å². The normalized spacial score (nSPS) is 17.7. The number of amides is 1. The van der Waals surface area contributed by atoms with E-state index in [9.17, 15) is 4.79 Å². The molecule has 1 heterocycles. The van der Waals surface area contributed by atoms with Crippen molar-refractivity contribution in [2.24, 2.45) is 5.73 Å². The smallest absolute Gasteiger partial charge is 0.239 e. The number of benzene rings is 1. The van der Waals surface area contributed by atoms with Crippen molar-refractivity contribution in [2.45, 2.75) is 13.0 Å². The molecule has 4 nitrogen and oxygen atoms in total. The molecule has 1 fully saturated rings. The lowest BCUT2D eigenvalue weighted by Gasteiger charge is -2.36. The van der Waals surface area contributed by atoms with Crippen LogP contribution in [-0.4, -0.2) is 43.0 Å². The van der Waals surface area contributed by atoms with Crippen molar-refractivity contribution in [1.29, 1.82) is 0 Å². The molecule has 1 aromatic carbocycles. The molecular weight excluding hydrogens is 250 g/mol. The number of carbonyl (C=O) groups excluding carboxylic acids is 1. The Balaban J connectivity index is 1.96. The van der Waals surface area contributed by atoms with E-state index >= 15 is 0 Å². The third-order valence-corrected chi connectivity index (χ3v) is 3.39. The van der Waals surface area contributed by atoms with Gasteiger partial charge in [0.15, 0.2) is 0 Å². The van der Waals surface area contributed by atoms with Gasteiger partial charge in [0, 0.05) is 36.9 Å². The summed E-state index contributed by atoms with van der Waals surface area (Å²) in [7, 11) is 0. The summed E-state index contributed by atoms with van der Waals surface area (Å²) < 4.78 is 0. The molecule has 98 valence electrons. The highest BCUT2D eigenvalue weighted by Gasteiger charge is 2.23. The zero-order valence-corrected chi connectivity index (χ0v) is 11.2. The van der Waals surface area contributed by atoms with Crippen molar-refractivity contribution in [2.75, 3.05) is 31.1 Å². The number of nitrogens with zero attached hydrogens (tertiary/aromatic N) is 2. The fourth-order valence-electron chi connectivity index (χ4n) is 2.15. The van der Waals surface area contributed by atoms with Gasteiger partial charge in [0.2, 0.25) is 5.91 Å². The Morgan fingerprint density at radius 2 is 2.00 bits per heavy atom. The maximum atomic E-state index is 11.8. The second-order valence-corrected chi connectivity index (χ2v) is 5.02. The molecule has 0 unspecified atom stereocenters. The molecule has 5 heteroatoms. The molecule has 1 aromatic rings. The Bertz CT molecular complexity index is 428. The quantitative estimate of drug-likeness (QED) is 0.880. The summed E-state index contributed by atoms with van der Waals surface area (Å²) in [4.78, 5) is 15.8. The van der Waals surface area contributed by atoms with Crippen molar-refractivity contribution in [3.05, 3.63) is 29.3 Å². The highest BCUT2D eigenvalue weighted by atomic mass is 35.5. The SMILES string of the molecule is C[C@H](N)C(=O)N1CCN(c2cccc(Cl)c2)CC1. The Labute approximate surface area is 112 Å². The van der Waals surface area contributed by atoms with Crippen molar-refractivity contribution in [1.82, 2.24) is 4.90 Å². The van der Waals surface area contributed by atoms with E-state index in [0.29, 0.717) is 13.1 Å². The second-order valence-electron chi connectivity index (χ2n) is 4.58. The van der Waals surface area contributed by atoms with Crippen LogP contribution in [0.4, 0.5) is 5.69 Å². The third kappa shape index (κ3) is 2.94. The van der Waals surface area contributed by atoms with Gasteiger partial charge >= 0.3 is 0 Å². The van der Waals surface area contributed by atoms with Crippen LogP contribution in [0.2, 0.25) is 5.02 Å². The van der Waals surface area contributed by atoms with Crippen LogP contribution >= 0.6 is 11.6 Å². The molecule has 0 saturated carbocycles. The van der Waals surface area contributed by atoms with Gasteiger partial charge in [-0.3, -0.25) is 4.79 Å². The first-order valence-corrected chi connectivity index (χ1v) is 6.50. The zero-order valence-electron chi connectivity index (χ0n) is 10.5. The van der Waals surface area contributed by atoms with Crippen molar-refractivity contribution >= 4 is 23.2 Å². The molecule has 2 N–H and O–H groups in total. The van der Waals surface area contributed by atoms with Crippen LogP contribution in [0.25, 0.3) is 0 Å². The molecule has 0 bridgehead atoms. The van der Waals surface area contributed by atoms with E-state index in [0.717, 1.165) is 23.8 Å². The number of hydrogen-bond acceptors (Lipinski definition) is 3. The Kier molecular flexibility index (Phi) is 4.09. The van der Waals surface area contributed by atoms with Gasteiger partial charge in [-0.05, 0) is 25.1 Å². The van der Waals surface area contributed by atoms with Gasteiger partial charge in [-0.25, -0.2) is 0 Å². The van der Waals surface area contributed by atoms with Gasteiger partial charge in [0.05, 0.1) is 6.04 Å². The number of anilines is 1. The minimum Gasteiger partial charge on any atom is -0.368 e. The second kappa shape index (κ2) is 5.59. The first-order chi connectivity index (χ1) is 8.58. The zero-order chi connectivity index (χ0) is 13.1. The largest absolute Gasteiger partial charge is 0.368 e. The Morgan fingerprint density at radius 1 is 1.33 bits per heavy atom. The standard InChI is InChI=1S/C13H18ClN3O/c1-10(15)13(18)17-7-5-16(6-8-17)12-4-2-3-11(14)9-12/h2-4,9-10H,5-8,15H2,1H3/t10-/m0/s1. The van der Waals surface area contributed by atoms with Crippen LogP contribution in [-0.2, 0) is 4.79 Å². The molecule has 2 rings (SSSR count). The number of hydrogen-bond donors (Lipinski definition) is 1. The predicted molar refractivity (Wildman–Crippen MR) is 73.9 cm³/mol. The molecule has 18 heavy (non-hydrogen) atoms. The van der Waals surface area contributed by atoms with Gasteiger partial charge in [-0.1, -0.05) is 17.7 Å². The van der Waals surface area contributed by atoms with E-state index in [2.05, 4.69) is 4.90 Å². The summed E-state index contributed by atoms with van der Waals surface area (Å²) in [5.74, 6) is 0.0285. The van der Waals surface area contributed by atoms with E-state index in [4.69, 9.17) is 17.3 Å². The molecular formula is C13H18ClN3O. The first-order valence-electron chi connectivity index (χ1n) is 6.13. The van der Waals surface area contributed by atoms with Crippen molar-refractivity contribution < 1.29 is 4.79 Å². The Hall–Kier alpha value is -1.26. The Morgan fingerprint density at radius 3 is 2.56 bits per heavy atom. The highest BCUT2D eigenvalue weighted by Crippen LogP contribution is 2.20. The van der Waals surface area contributed by atoms with E-state index in [-0.39, 0.29) is 5.91 Å². The fourth-order valence-corrected chi connectivity index (χ4v) is 2.33. The molecule has 1 atom stereocenters. The maximum absolute atomic E-state index is 11.8. The number of rotatable bonds is 2. The van der Waals surface area contributed by atoms with Crippen LogP contribution in [0.1, 0.15) is 6.92 Å². The maximum Gasteiger partial charge on any atom is 0.239 e. The summed E-state index contributed by atoms with van der Waals surface area (Å²) in [6.07, 6.45) is 0. The minimum absolute atomic E-state index is 0.0285. The molecule has 0 radical (unpaired) electrons. The number of nitrogens with two attached hydrogens (primary N) is 1. The number of halogens is 1. The lowest BCUT2D eigenvalue weighted by Crippen LogP contribution is -2.52. The van der Waals surface area contributed by atoms with Crippen molar-refractivity contribution in [3.63, 3.8) is 0 Å². The van der Waals surface area contributed by atoms with E-state index in [1.54, 1.807) is 6.92 Å². The average Bonchev–Trinajstić information content (AvgIpc) is 2.38. The molecule has 1 aliphatic heterocycles. The summed E-state index contributed by atoms with van der Waals surface area (Å²) >= 11 is 5.98. The lowest BCUT2D eigenvalue weighted by molar-refractivity contribution is -0.132.